The molecule has 8 rings (SSSR count). The Kier molecular flexibility index (Phi) is 4.78. The Balaban J connectivity index is 1.19. The summed E-state index contributed by atoms with van der Waals surface area (Å²) in [7, 11) is 0. The number of aromatic amines is 2. The molecule has 0 radical (unpaired) electrons. The SMILES string of the molecule is Cc1nc2cc(-c3cnc(C4C5CC5c5cc(-c6cc(Cl)ccc6-n6cnnn6)cc(=O)n54)[nH]3)ccc2[nH]c1=O. The summed E-state index contributed by atoms with van der Waals surface area (Å²) in [4.78, 5) is 41.0. The van der Waals surface area contributed by atoms with Crippen LogP contribution in [0.15, 0.2) is 70.6 Å². The number of H-pyrrole nitrogens is 2. The number of fused-ring (bicyclic) bond motifs is 4. The molecular formula is C28H20ClN9O2. The van der Waals surface area contributed by atoms with Crippen LogP contribution in [0.3, 0.4) is 0 Å². The molecule has 2 aliphatic rings. The van der Waals surface area contributed by atoms with Gasteiger partial charge < -0.3 is 14.5 Å². The highest BCUT2D eigenvalue weighted by atomic mass is 35.5. The van der Waals surface area contributed by atoms with Crippen LogP contribution < -0.4 is 11.1 Å². The van der Waals surface area contributed by atoms with Gasteiger partial charge in [0, 0.05) is 33.8 Å². The molecule has 1 saturated carbocycles. The molecule has 1 fully saturated rings. The highest BCUT2D eigenvalue weighted by molar-refractivity contribution is 6.31. The van der Waals surface area contributed by atoms with Gasteiger partial charge in [-0.05, 0) is 71.7 Å². The third-order valence-corrected chi connectivity index (χ3v) is 8.15. The first-order chi connectivity index (χ1) is 19.4. The molecule has 5 heterocycles. The molecule has 2 N–H and O–H groups in total. The van der Waals surface area contributed by atoms with Crippen molar-refractivity contribution < 1.29 is 0 Å². The molecule has 11 nitrogen and oxygen atoms in total. The highest BCUT2D eigenvalue weighted by Crippen LogP contribution is 2.60. The predicted molar refractivity (Wildman–Crippen MR) is 148 cm³/mol. The lowest BCUT2D eigenvalue weighted by Crippen LogP contribution is -2.26. The fraction of sp³-hybridized carbons (Fsp3) is 0.179. The maximum absolute atomic E-state index is 13.6. The zero-order valence-electron chi connectivity index (χ0n) is 21.0. The van der Waals surface area contributed by atoms with Crippen molar-refractivity contribution in [1.82, 2.24) is 44.7 Å². The minimum absolute atomic E-state index is 0.0976. The number of aromatic nitrogens is 9. The van der Waals surface area contributed by atoms with Gasteiger partial charge in [0.25, 0.3) is 11.1 Å². The Hall–Kier alpha value is -4.90. The van der Waals surface area contributed by atoms with Crippen molar-refractivity contribution >= 4 is 22.6 Å². The van der Waals surface area contributed by atoms with Gasteiger partial charge in [-0.15, -0.1) is 5.10 Å². The summed E-state index contributed by atoms with van der Waals surface area (Å²) >= 11 is 6.35. The number of pyridine rings is 1. The minimum Gasteiger partial charge on any atom is -0.340 e. The zero-order chi connectivity index (χ0) is 27.1. The summed E-state index contributed by atoms with van der Waals surface area (Å²) in [5.41, 5.74) is 6.50. The number of imidazole rings is 1. The van der Waals surface area contributed by atoms with Crippen LogP contribution in [0.1, 0.15) is 35.6 Å². The average Bonchev–Trinajstić information content (AvgIpc) is 3.28. The fourth-order valence-electron chi connectivity index (χ4n) is 5.95. The van der Waals surface area contributed by atoms with Crippen LogP contribution in [-0.4, -0.2) is 44.7 Å². The number of benzene rings is 2. The van der Waals surface area contributed by atoms with Crippen molar-refractivity contribution in [3.05, 3.63) is 104 Å². The van der Waals surface area contributed by atoms with Gasteiger partial charge >= 0.3 is 0 Å². The molecule has 2 aromatic carbocycles. The van der Waals surface area contributed by atoms with Crippen LogP contribution in [0.4, 0.5) is 0 Å². The van der Waals surface area contributed by atoms with Crippen molar-refractivity contribution in [2.24, 2.45) is 5.92 Å². The van der Waals surface area contributed by atoms with E-state index < -0.39 is 0 Å². The van der Waals surface area contributed by atoms with E-state index in [1.54, 1.807) is 29.9 Å². The van der Waals surface area contributed by atoms with Gasteiger partial charge in [0.2, 0.25) is 0 Å². The Morgan fingerprint density at radius 2 is 1.93 bits per heavy atom. The minimum atomic E-state index is -0.196. The molecule has 196 valence electrons. The van der Waals surface area contributed by atoms with Gasteiger partial charge in [-0.2, -0.15) is 4.68 Å². The molecule has 0 saturated heterocycles. The van der Waals surface area contributed by atoms with Crippen molar-refractivity contribution in [1.29, 1.82) is 0 Å². The molecule has 1 aliphatic carbocycles. The molecule has 40 heavy (non-hydrogen) atoms. The fourth-order valence-corrected chi connectivity index (χ4v) is 6.12. The second kappa shape index (κ2) is 8.30. The topological polar surface area (TPSA) is 140 Å². The Morgan fingerprint density at radius 1 is 1.02 bits per heavy atom. The summed E-state index contributed by atoms with van der Waals surface area (Å²) in [5, 5.41) is 12.1. The predicted octanol–water partition coefficient (Wildman–Crippen LogP) is 3.79. The van der Waals surface area contributed by atoms with E-state index >= 15 is 0 Å². The van der Waals surface area contributed by atoms with E-state index in [9.17, 15) is 9.59 Å². The smallest absolute Gasteiger partial charge is 0.269 e. The van der Waals surface area contributed by atoms with Crippen molar-refractivity contribution in [3.63, 3.8) is 0 Å². The molecule has 4 aromatic heterocycles. The standard InChI is InChI=1S/C28H20ClN9O2/c1-13-28(40)34-20-4-2-14(6-21(20)32-13)22-11-30-27(33-22)26-19-10-18(19)24-7-15(8-25(39)38(24)26)17-9-16(29)3-5-23(17)37-12-31-35-36-37/h2-9,11-12,18-19,26H,10H2,1H3,(H,30,33)(H,34,40). The maximum atomic E-state index is 13.6. The van der Waals surface area contributed by atoms with E-state index in [0.29, 0.717) is 27.7 Å². The molecule has 3 unspecified atom stereocenters. The van der Waals surface area contributed by atoms with Gasteiger partial charge in [-0.1, -0.05) is 17.7 Å². The van der Waals surface area contributed by atoms with Gasteiger partial charge in [0.1, 0.15) is 17.8 Å². The molecular weight excluding hydrogens is 530 g/mol. The average molecular weight is 550 g/mol. The summed E-state index contributed by atoms with van der Waals surface area (Å²) in [6, 6.07) is 14.7. The summed E-state index contributed by atoms with van der Waals surface area (Å²) in [6.45, 7) is 1.69. The van der Waals surface area contributed by atoms with Crippen molar-refractivity contribution in [3.8, 4) is 28.1 Å². The van der Waals surface area contributed by atoms with E-state index in [1.807, 2.05) is 34.9 Å². The second-order valence-electron chi connectivity index (χ2n) is 10.3. The normalized spacial score (nSPS) is 19.1. The van der Waals surface area contributed by atoms with Crippen LogP contribution in [-0.2, 0) is 0 Å². The Bertz CT molecular complexity index is 2090. The van der Waals surface area contributed by atoms with Crippen molar-refractivity contribution in [2.45, 2.75) is 25.3 Å². The van der Waals surface area contributed by atoms with Gasteiger partial charge in [-0.3, -0.25) is 9.59 Å². The van der Waals surface area contributed by atoms with E-state index in [1.165, 1.54) is 6.33 Å². The first-order valence-electron chi connectivity index (χ1n) is 12.8. The lowest BCUT2D eigenvalue weighted by molar-refractivity contribution is 0.515. The first-order valence-corrected chi connectivity index (χ1v) is 13.2. The molecule has 1 aliphatic heterocycles. The van der Waals surface area contributed by atoms with Gasteiger partial charge in [-0.25, -0.2) is 9.97 Å². The van der Waals surface area contributed by atoms with E-state index in [4.69, 9.17) is 16.6 Å². The molecule has 0 spiro atoms. The van der Waals surface area contributed by atoms with E-state index in [-0.39, 0.29) is 23.1 Å². The monoisotopic (exact) mass is 549 g/mol. The van der Waals surface area contributed by atoms with Crippen LogP contribution in [0.25, 0.3) is 39.1 Å². The number of aryl methyl sites for hydroxylation is 1. The third kappa shape index (κ3) is 3.47. The Labute approximate surface area is 230 Å². The molecule has 0 bridgehead atoms. The van der Waals surface area contributed by atoms with Gasteiger partial charge in [0.05, 0.1) is 34.7 Å². The number of rotatable bonds is 4. The number of nitrogens with one attached hydrogen (secondary N) is 2. The summed E-state index contributed by atoms with van der Waals surface area (Å²) in [6.07, 6.45) is 4.29. The van der Waals surface area contributed by atoms with Crippen LogP contribution in [0.5, 0.6) is 0 Å². The second-order valence-corrected chi connectivity index (χ2v) is 10.7. The lowest BCUT2D eigenvalue weighted by atomic mass is 10.0. The quantitative estimate of drug-likeness (QED) is 0.341. The molecule has 6 aromatic rings. The number of halogens is 1. The first kappa shape index (κ1) is 23.0. The van der Waals surface area contributed by atoms with Gasteiger partial charge in [0.15, 0.2) is 0 Å². The third-order valence-electron chi connectivity index (χ3n) is 7.92. The molecule has 3 atom stereocenters. The molecule has 0 amide bonds. The highest BCUT2D eigenvalue weighted by Gasteiger charge is 2.54. The van der Waals surface area contributed by atoms with Crippen molar-refractivity contribution in [2.75, 3.05) is 0 Å². The van der Waals surface area contributed by atoms with E-state index in [2.05, 4.69) is 36.5 Å². The molecule has 12 heteroatoms. The zero-order valence-corrected chi connectivity index (χ0v) is 21.8. The Morgan fingerprint density at radius 3 is 2.77 bits per heavy atom. The lowest BCUT2D eigenvalue weighted by Gasteiger charge is -2.18. The maximum Gasteiger partial charge on any atom is 0.269 e. The van der Waals surface area contributed by atoms with Crippen LogP contribution in [0.2, 0.25) is 5.02 Å². The summed E-state index contributed by atoms with van der Waals surface area (Å²) < 4.78 is 3.42. The summed E-state index contributed by atoms with van der Waals surface area (Å²) in [5.74, 6) is 1.33. The van der Waals surface area contributed by atoms with E-state index in [0.717, 1.165) is 46.0 Å². The number of tetrazole rings is 1. The number of nitrogens with zero attached hydrogens (tertiary/aromatic N) is 7. The number of hydrogen-bond donors (Lipinski definition) is 2. The number of hydrogen-bond acceptors (Lipinski definition) is 7. The largest absolute Gasteiger partial charge is 0.340 e. The van der Waals surface area contributed by atoms with Crippen LogP contribution in [0, 0.1) is 12.8 Å². The van der Waals surface area contributed by atoms with Crippen LogP contribution >= 0.6 is 11.6 Å².